The summed E-state index contributed by atoms with van der Waals surface area (Å²) in [7, 11) is 1.39. The van der Waals surface area contributed by atoms with Gasteiger partial charge in [0.2, 0.25) is 5.91 Å². The van der Waals surface area contributed by atoms with Gasteiger partial charge in [0.05, 0.1) is 17.6 Å². The number of fused-ring (bicyclic) bond motifs is 1. The number of amides is 1. The van der Waals surface area contributed by atoms with Gasteiger partial charge >= 0.3 is 7.12 Å². The summed E-state index contributed by atoms with van der Waals surface area (Å²) in [6, 6.07) is 7.94. The van der Waals surface area contributed by atoms with Crippen LogP contribution in [-0.4, -0.2) is 58.6 Å². The fourth-order valence-electron chi connectivity index (χ4n) is 8.24. The number of aliphatic imine (C=N–C) groups is 1. The average molecular weight is 637 g/mol. The molecule has 4 N–H and O–H groups in total. The molecule has 4 fully saturated rings. The second-order valence-corrected chi connectivity index (χ2v) is 14.8. The highest BCUT2D eigenvalue weighted by Crippen LogP contribution is 2.65. The number of nitrogens with one attached hydrogen (secondary N) is 2. The average Bonchev–Trinajstić information content (AvgIpc) is 3.49. The number of aryl methyl sites for hydroxylation is 1. The van der Waals surface area contributed by atoms with Crippen LogP contribution in [0.2, 0.25) is 0 Å². The van der Waals surface area contributed by atoms with Gasteiger partial charge in [-0.25, -0.2) is 15.1 Å². The van der Waals surface area contributed by atoms with Crippen LogP contribution in [0.3, 0.4) is 0 Å². The molecule has 3 saturated carbocycles. The lowest BCUT2D eigenvalue weighted by Gasteiger charge is -2.64. The van der Waals surface area contributed by atoms with Gasteiger partial charge in [-0.2, -0.15) is 0 Å². The second-order valence-electron chi connectivity index (χ2n) is 14.8. The number of carbonyl (C=O) groups excluding carboxylic acids is 2. The molecule has 6 rings (SSSR count). The van der Waals surface area contributed by atoms with Gasteiger partial charge in [-0.05, 0) is 73.8 Å². The molecule has 250 valence electrons. The molecule has 4 aliphatic rings. The summed E-state index contributed by atoms with van der Waals surface area (Å²) in [5.74, 6) is -0.269. The van der Waals surface area contributed by atoms with E-state index in [9.17, 15) is 19.7 Å². The number of nitro groups is 1. The first kappa shape index (κ1) is 33.9. The number of para-hydroxylation sites is 1. The van der Waals surface area contributed by atoms with Crippen molar-refractivity contribution in [2.45, 2.75) is 97.2 Å². The van der Waals surface area contributed by atoms with Gasteiger partial charge in [-0.3, -0.25) is 9.59 Å². The van der Waals surface area contributed by atoms with E-state index in [1.165, 1.54) is 0 Å². The number of benzene rings is 1. The van der Waals surface area contributed by atoms with Crippen molar-refractivity contribution in [2.75, 3.05) is 6.54 Å². The lowest BCUT2D eigenvalue weighted by Crippen LogP contribution is -2.65. The quantitative estimate of drug-likeness (QED) is 0.0701. The number of guanidine groups is 1. The maximum Gasteiger partial charge on any atom is 0.481 e. The lowest BCUT2D eigenvalue weighted by molar-refractivity contribution is -0.525. The third-order valence-electron chi connectivity index (χ3n) is 10.8. The molecule has 1 aromatic carbocycles. The highest BCUT2D eigenvalue weighted by molar-refractivity contribution is 6.47. The van der Waals surface area contributed by atoms with Gasteiger partial charge in [-0.1, -0.05) is 51.3 Å². The highest BCUT2D eigenvalue weighted by atomic mass is 16.7. The SMILES string of the molecule is CC(C)C[C@H](NC(=O)[C@H](CCCN=C(N)N[N+](=O)[O-])CC(=O)Cc1cn(C)c2ccccc12)B1O[C@@H]2C[C@H]3C[C@H](C3(C)C)[C@]2(C)O1. The summed E-state index contributed by atoms with van der Waals surface area (Å²) in [4.78, 5) is 42.2. The normalized spacial score (nSPS) is 26.4. The molecule has 0 spiro atoms. The predicted octanol–water partition coefficient (Wildman–Crippen LogP) is 3.97. The molecule has 0 unspecified atom stereocenters. The Morgan fingerprint density at radius 2 is 1.98 bits per heavy atom. The first-order valence-electron chi connectivity index (χ1n) is 16.6. The number of hydrogen-bond acceptors (Lipinski definition) is 7. The number of hydrogen-bond donors (Lipinski definition) is 3. The minimum atomic E-state index is -0.774. The molecule has 1 amide bonds. The van der Waals surface area contributed by atoms with Gasteiger partial charge in [0.1, 0.15) is 5.78 Å². The zero-order chi connectivity index (χ0) is 33.4. The number of aromatic nitrogens is 1. The van der Waals surface area contributed by atoms with E-state index in [0.29, 0.717) is 31.1 Å². The minimum Gasteiger partial charge on any atom is -0.404 e. The number of carbonyl (C=O) groups is 2. The van der Waals surface area contributed by atoms with Gasteiger partial charge in [0.25, 0.3) is 5.96 Å². The van der Waals surface area contributed by atoms with Crippen LogP contribution in [0, 0.1) is 39.2 Å². The van der Waals surface area contributed by atoms with Crippen LogP contribution in [-0.2, 0) is 32.4 Å². The van der Waals surface area contributed by atoms with E-state index >= 15 is 0 Å². The molecular formula is C33H49BN6O6. The van der Waals surface area contributed by atoms with Crippen LogP contribution in [0.1, 0.15) is 78.7 Å². The van der Waals surface area contributed by atoms with E-state index in [0.717, 1.165) is 29.3 Å². The molecule has 1 aromatic heterocycles. The van der Waals surface area contributed by atoms with E-state index in [-0.39, 0.29) is 60.4 Å². The summed E-state index contributed by atoms with van der Waals surface area (Å²) < 4.78 is 15.3. The first-order valence-corrected chi connectivity index (χ1v) is 16.6. The van der Waals surface area contributed by atoms with E-state index in [1.807, 2.05) is 47.5 Å². The molecule has 6 atom stereocenters. The Morgan fingerprint density at radius 3 is 2.67 bits per heavy atom. The number of hydrazine groups is 1. The summed E-state index contributed by atoms with van der Waals surface area (Å²) >= 11 is 0. The molecule has 46 heavy (non-hydrogen) atoms. The van der Waals surface area contributed by atoms with Crippen molar-refractivity contribution in [3.05, 3.63) is 46.1 Å². The minimum absolute atomic E-state index is 0.00463. The van der Waals surface area contributed by atoms with Crippen LogP contribution in [0.4, 0.5) is 0 Å². The predicted molar refractivity (Wildman–Crippen MR) is 177 cm³/mol. The fraction of sp³-hybridized carbons (Fsp3) is 0.667. The topological polar surface area (TPSA) is 163 Å². The van der Waals surface area contributed by atoms with Crippen molar-refractivity contribution in [1.82, 2.24) is 15.3 Å². The first-order chi connectivity index (χ1) is 21.7. The van der Waals surface area contributed by atoms with Crippen LogP contribution in [0.25, 0.3) is 10.9 Å². The van der Waals surface area contributed by atoms with Crippen molar-refractivity contribution >= 4 is 35.7 Å². The van der Waals surface area contributed by atoms with E-state index in [1.54, 1.807) is 0 Å². The van der Waals surface area contributed by atoms with E-state index in [4.69, 9.17) is 15.0 Å². The molecule has 1 aliphatic heterocycles. The Morgan fingerprint density at radius 1 is 1.24 bits per heavy atom. The monoisotopic (exact) mass is 636 g/mol. The smallest absolute Gasteiger partial charge is 0.404 e. The number of nitrogens with zero attached hydrogens (tertiary/aromatic N) is 3. The maximum absolute atomic E-state index is 14.0. The molecule has 13 heteroatoms. The number of Topliss-reactive ketones (excluding diaryl/α,β-unsaturated/α-hetero) is 1. The standard InChI is InChI=1S/C33H49BN6O6/c1-20(2)14-29(34-45-28-18-23-17-27(32(23,3)4)33(28,5)46-34)37-30(42)21(10-9-13-36-31(35)38-40(43)44)15-24(41)16-22-19-39(6)26-12-8-7-11-25(22)26/h7-8,11-12,19-21,23,27-29H,9-10,13-18H2,1-6H3,(H,37,42)(H3,35,36,38)/t21-,23-,27-,28-,29+,33+/m1/s1. The van der Waals surface area contributed by atoms with Crippen LogP contribution in [0.15, 0.2) is 35.5 Å². The maximum atomic E-state index is 14.0. The molecule has 2 heterocycles. The number of rotatable bonds is 14. The van der Waals surface area contributed by atoms with Crippen molar-refractivity contribution in [2.24, 2.45) is 46.9 Å². The zero-order valence-corrected chi connectivity index (χ0v) is 28.0. The number of ketones is 1. The Labute approximate surface area is 271 Å². The van der Waals surface area contributed by atoms with Crippen LogP contribution < -0.4 is 16.5 Å². The van der Waals surface area contributed by atoms with Crippen molar-refractivity contribution in [3.63, 3.8) is 0 Å². The van der Waals surface area contributed by atoms with Crippen LogP contribution >= 0.6 is 0 Å². The summed E-state index contributed by atoms with van der Waals surface area (Å²) in [5, 5.41) is 14.1. The Balaban J connectivity index is 1.29. The zero-order valence-electron chi connectivity index (χ0n) is 28.0. The van der Waals surface area contributed by atoms with Crippen molar-refractivity contribution < 1.29 is 23.9 Å². The second kappa shape index (κ2) is 13.3. The largest absolute Gasteiger partial charge is 0.481 e. The van der Waals surface area contributed by atoms with E-state index < -0.39 is 23.7 Å². The summed E-state index contributed by atoms with van der Waals surface area (Å²) in [5.41, 5.74) is 9.17. The van der Waals surface area contributed by atoms with Gasteiger partial charge < -0.3 is 24.9 Å². The van der Waals surface area contributed by atoms with E-state index in [2.05, 4.69) is 44.9 Å². The lowest BCUT2D eigenvalue weighted by atomic mass is 9.43. The highest BCUT2D eigenvalue weighted by Gasteiger charge is 2.68. The molecule has 2 bridgehead atoms. The van der Waals surface area contributed by atoms with Gasteiger partial charge in [0, 0.05) is 49.5 Å². The molecule has 1 saturated heterocycles. The Bertz CT molecular complexity index is 1490. The van der Waals surface area contributed by atoms with Gasteiger partial charge in [-0.15, -0.1) is 0 Å². The summed E-state index contributed by atoms with van der Waals surface area (Å²) in [6.07, 6.45) is 5.78. The molecule has 3 aliphatic carbocycles. The third-order valence-corrected chi connectivity index (χ3v) is 10.8. The molecule has 12 nitrogen and oxygen atoms in total. The fourth-order valence-corrected chi connectivity index (χ4v) is 8.24. The third kappa shape index (κ3) is 6.95. The van der Waals surface area contributed by atoms with Gasteiger partial charge in [0.15, 0.2) is 5.03 Å². The Hall–Kier alpha value is -3.45. The molecule has 2 aromatic rings. The summed E-state index contributed by atoms with van der Waals surface area (Å²) in [6.45, 7) is 11.2. The number of nitrogens with two attached hydrogens (primary N) is 1. The Kier molecular flexibility index (Phi) is 9.84. The molecular weight excluding hydrogens is 587 g/mol. The molecule has 0 radical (unpaired) electrons. The van der Waals surface area contributed by atoms with Crippen molar-refractivity contribution in [3.8, 4) is 0 Å². The van der Waals surface area contributed by atoms with Crippen LogP contribution in [0.5, 0.6) is 0 Å². The van der Waals surface area contributed by atoms with Crippen molar-refractivity contribution in [1.29, 1.82) is 0 Å².